The Morgan fingerprint density at radius 2 is 1.21 bits per heavy atom. The van der Waals surface area contributed by atoms with Gasteiger partial charge in [-0.1, -0.05) is 96.3 Å². The van der Waals surface area contributed by atoms with Crippen LogP contribution in [0.15, 0.2) is 108 Å². The van der Waals surface area contributed by atoms with Gasteiger partial charge in [0.25, 0.3) is 17.3 Å². The van der Waals surface area contributed by atoms with Gasteiger partial charge in [0.2, 0.25) is 0 Å². The summed E-state index contributed by atoms with van der Waals surface area (Å²) in [4.78, 5) is 39.5. The fraction of sp³-hybridized carbons (Fsp3) is 0.0345. The monoisotopic (exact) mass is 536 g/mol. The van der Waals surface area contributed by atoms with Crippen molar-refractivity contribution in [2.24, 2.45) is 12.0 Å². The van der Waals surface area contributed by atoms with Gasteiger partial charge in [0.05, 0.1) is 32.0 Å². The number of aromatic nitrogens is 1. The van der Waals surface area contributed by atoms with Crippen molar-refractivity contribution in [1.29, 1.82) is 0 Å². The molecule has 0 aliphatic carbocycles. The van der Waals surface area contributed by atoms with Gasteiger partial charge < -0.3 is 4.57 Å². The zero-order valence-electron chi connectivity index (χ0n) is 20.6. The number of amides is 1. The number of carbonyl (C=O) groups is 1. The number of nitro benzene ring substituents is 2. The summed E-state index contributed by atoms with van der Waals surface area (Å²) in [6.45, 7) is 0. The predicted octanol–water partition coefficient (Wildman–Crippen LogP) is 6.65. The standard InChI is InChI=1S/C29H20N4O5S/c1-31-26(21-14-12-20(13-15-21)19-8-4-2-5-9-19)27(22-10-6-3-7-11-22)39-29(31)30-28(34)23-16-24(32(35)36)18-25(17-23)33(37)38/h2-18H,1H3. The Kier molecular flexibility index (Phi) is 6.94. The Morgan fingerprint density at radius 1 is 0.718 bits per heavy atom. The van der Waals surface area contributed by atoms with Crippen LogP contribution in [-0.2, 0) is 7.05 Å². The van der Waals surface area contributed by atoms with E-state index in [0.29, 0.717) is 4.80 Å². The van der Waals surface area contributed by atoms with Crippen molar-refractivity contribution in [1.82, 2.24) is 4.57 Å². The molecule has 0 saturated carbocycles. The quantitative estimate of drug-likeness (QED) is 0.178. The van der Waals surface area contributed by atoms with Gasteiger partial charge in [-0.3, -0.25) is 25.0 Å². The van der Waals surface area contributed by atoms with Crippen molar-refractivity contribution in [3.05, 3.63) is 134 Å². The molecule has 0 N–H and O–H groups in total. The first-order chi connectivity index (χ1) is 18.8. The number of hydrogen-bond donors (Lipinski definition) is 0. The summed E-state index contributed by atoms with van der Waals surface area (Å²) in [7, 11) is 1.78. The summed E-state index contributed by atoms with van der Waals surface area (Å²) in [6.07, 6.45) is 0. The minimum absolute atomic E-state index is 0.237. The molecule has 0 spiro atoms. The van der Waals surface area contributed by atoms with Crippen molar-refractivity contribution in [3.63, 3.8) is 0 Å². The Morgan fingerprint density at radius 3 is 1.74 bits per heavy atom. The zero-order chi connectivity index (χ0) is 27.5. The van der Waals surface area contributed by atoms with Crippen LogP contribution in [0.4, 0.5) is 11.4 Å². The molecule has 10 heteroatoms. The van der Waals surface area contributed by atoms with Gasteiger partial charge >= 0.3 is 0 Å². The Labute approximate surface area is 226 Å². The molecule has 0 aliphatic rings. The highest BCUT2D eigenvalue weighted by molar-refractivity contribution is 7.13. The van der Waals surface area contributed by atoms with E-state index in [1.54, 1.807) is 11.6 Å². The van der Waals surface area contributed by atoms with Crippen LogP contribution in [0, 0.1) is 20.2 Å². The number of rotatable bonds is 6. The molecular formula is C29H20N4O5S. The average molecular weight is 537 g/mol. The smallest absolute Gasteiger partial charge is 0.280 e. The second kappa shape index (κ2) is 10.6. The molecule has 0 atom stereocenters. The fourth-order valence-corrected chi connectivity index (χ4v) is 5.34. The summed E-state index contributed by atoms with van der Waals surface area (Å²) in [6, 6.07) is 30.5. The van der Waals surface area contributed by atoms with Crippen molar-refractivity contribution >= 4 is 28.6 Å². The summed E-state index contributed by atoms with van der Waals surface area (Å²) >= 11 is 1.29. The molecule has 4 aromatic carbocycles. The van der Waals surface area contributed by atoms with Crippen molar-refractivity contribution in [2.45, 2.75) is 0 Å². The molecule has 39 heavy (non-hydrogen) atoms. The molecule has 0 unspecified atom stereocenters. The van der Waals surface area contributed by atoms with Gasteiger partial charge in [0.1, 0.15) is 0 Å². The number of thiazole rings is 1. The van der Waals surface area contributed by atoms with E-state index in [1.807, 2.05) is 84.9 Å². The molecule has 0 radical (unpaired) electrons. The van der Waals surface area contributed by atoms with Crippen molar-refractivity contribution in [3.8, 4) is 32.8 Å². The van der Waals surface area contributed by atoms with Gasteiger partial charge in [-0.15, -0.1) is 0 Å². The van der Waals surface area contributed by atoms with Crippen molar-refractivity contribution in [2.75, 3.05) is 0 Å². The number of nitro groups is 2. The topological polar surface area (TPSA) is 121 Å². The lowest BCUT2D eigenvalue weighted by molar-refractivity contribution is -0.394. The number of non-ortho nitro benzene ring substituents is 2. The average Bonchev–Trinajstić information content (AvgIpc) is 3.29. The largest absolute Gasteiger partial charge is 0.319 e. The minimum atomic E-state index is -0.816. The first-order valence-corrected chi connectivity index (χ1v) is 12.6. The SMILES string of the molecule is Cn1c(-c2ccc(-c3ccccc3)cc2)c(-c2ccccc2)sc1=NC(=O)c1cc([N+](=O)[O-])cc([N+](=O)[O-])c1. The third-order valence-electron chi connectivity index (χ3n) is 6.10. The van der Waals surface area contributed by atoms with Crippen LogP contribution in [0.2, 0.25) is 0 Å². The fourth-order valence-electron chi connectivity index (χ4n) is 4.20. The van der Waals surface area contributed by atoms with E-state index in [9.17, 15) is 25.0 Å². The first-order valence-electron chi connectivity index (χ1n) is 11.8. The highest BCUT2D eigenvalue weighted by Gasteiger charge is 2.21. The van der Waals surface area contributed by atoms with Crippen LogP contribution in [0.25, 0.3) is 32.8 Å². The Bertz CT molecular complexity index is 1740. The number of benzene rings is 4. The van der Waals surface area contributed by atoms with Crippen LogP contribution in [-0.4, -0.2) is 20.3 Å². The van der Waals surface area contributed by atoms with E-state index in [1.165, 1.54) is 11.3 Å². The molecule has 0 bridgehead atoms. The lowest BCUT2D eigenvalue weighted by atomic mass is 10.0. The Balaban J connectivity index is 1.63. The summed E-state index contributed by atoms with van der Waals surface area (Å²) in [5.41, 5.74) is 3.49. The van der Waals surface area contributed by atoms with Crippen LogP contribution in [0.5, 0.6) is 0 Å². The molecule has 1 heterocycles. The highest BCUT2D eigenvalue weighted by Crippen LogP contribution is 2.35. The van der Waals surface area contributed by atoms with Crippen LogP contribution in [0.1, 0.15) is 10.4 Å². The Hall–Kier alpha value is -5.22. The molecule has 192 valence electrons. The van der Waals surface area contributed by atoms with E-state index < -0.39 is 27.1 Å². The van der Waals surface area contributed by atoms with Crippen molar-refractivity contribution < 1.29 is 14.6 Å². The summed E-state index contributed by atoms with van der Waals surface area (Å²) in [5.74, 6) is -0.816. The molecular weight excluding hydrogens is 516 g/mol. The molecule has 5 aromatic rings. The molecule has 0 aliphatic heterocycles. The van der Waals surface area contributed by atoms with Gasteiger partial charge in [0.15, 0.2) is 4.80 Å². The summed E-state index contributed by atoms with van der Waals surface area (Å²) in [5, 5.41) is 22.6. The van der Waals surface area contributed by atoms with E-state index in [4.69, 9.17) is 0 Å². The molecule has 9 nitrogen and oxygen atoms in total. The minimum Gasteiger partial charge on any atom is -0.319 e. The summed E-state index contributed by atoms with van der Waals surface area (Å²) < 4.78 is 1.79. The third-order valence-corrected chi connectivity index (χ3v) is 7.28. The highest BCUT2D eigenvalue weighted by atomic mass is 32.1. The number of carbonyl (C=O) groups excluding carboxylic acids is 1. The lowest BCUT2D eigenvalue weighted by Crippen LogP contribution is -2.14. The van der Waals surface area contributed by atoms with E-state index in [2.05, 4.69) is 4.99 Å². The molecule has 0 saturated heterocycles. The number of nitrogens with zero attached hydrogens (tertiary/aromatic N) is 4. The van der Waals surface area contributed by atoms with Gasteiger partial charge in [0, 0.05) is 19.2 Å². The lowest BCUT2D eigenvalue weighted by Gasteiger charge is -2.09. The van der Waals surface area contributed by atoms with Crippen LogP contribution >= 0.6 is 11.3 Å². The number of hydrogen-bond acceptors (Lipinski definition) is 6. The maximum Gasteiger partial charge on any atom is 0.280 e. The van der Waals surface area contributed by atoms with Gasteiger partial charge in [-0.05, 0) is 22.3 Å². The van der Waals surface area contributed by atoms with E-state index in [-0.39, 0.29) is 5.56 Å². The molecule has 0 fully saturated rings. The maximum absolute atomic E-state index is 13.1. The second-order valence-electron chi connectivity index (χ2n) is 8.60. The molecule has 5 rings (SSSR count). The zero-order valence-corrected chi connectivity index (χ0v) is 21.4. The van der Waals surface area contributed by atoms with E-state index in [0.717, 1.165) is 51.0 Å². The normalized spacial score (nSPS) is 11.4. The molecule has 1 amide bonds. The predicted molar refractivity (Wildman–Crippen MR) is 149 cm³/mol. The van der Waals surface area contributed by atoms with Gasteiger partial charge in [-0.2, -0.15) is 4.99 Å². The van der Waals surface area contributed by atoms with Crippen LogP contribution < -0.4 is 4.80 Å². The maximum atomic E-state index is 13.1. The van der Waals surface area contributed by atoms with Crippen LogP contribution in [0.3, 0.4) is 0 Å². The first kappa shape index (κ1) is 25.4. The third kappa shape index (κ3) is 5.27. The second-order valence-corrected chi connectivity index (χ2v) is 9.58. The van der Waals surface area contributed by atoms with Gasteiger partial charge in [-0.25, -0.2) is 0 Å². The van der Waals surface area contributed by atoms with E-state index >= 15 is 0 Å². The molecule has 1 aromatic heterocycles.